The third-order valence-corrected chi connectivity index (χ3v) is 4.71. The third kappa shape index (κ3) is 4.17. The van der Waals surface area contributed by atoms with Gasteiger partial charge in [0, 0.05) is 12.6 Å². The van der Waals surface area contributed by atoms with Crippen LogP contribution in [0.1, 0.15) is 52.9 Å². The highest BCUT2D eigenvalue weighted by Crippen LogP contribution is 2.41. The molecule has 2 aliphatic carbocycles. The molecule has 3 nitrogen and oxygen atoms in total. The molecule has 1 atom stereocenters. The fourth-order valence-corrected chi connectivity index (χ4v) is 3.17. The van der Waals surface area contributed by atoms with Crippen molar-refractivity contribution in [3.63, 3.8) is 0 Å². The summed E-state index contributed by atoms with van der Waals surface area (Å²) in [6, 6.07) is 0.794. The third-order valence-electron chi connectivity index (χ3n) is 4.71. The van der Waals surface area contributed by atoms with Gasteiger partial charge in [-0.2, -0.15) is 0 Å². The van der Waals surface area contributed by atoms with Gasteiger partial charge in [0.1, 0.15) is 0 Å². The molecule has 2 fully saturated rings. The van der Waals surface area contributed by atoms with E-state index in [-0.39, 0.29) is 12.1 Å². The molecule has 0 radical (unpaired) electrons. The molecule has 0 aromatic heterocycles. The first-order valence-corrected chi connectivity index (χ1v) is 8.21. The maximum Gasteiger partial charge on any atom is 0.0628 e. The normalized spacial score (nSPS) is 23.1. The van der Waals surface area contributed by atoms with Crippen LogP contribution in [0.15, 0.2) is 0 Å². The lowest BCUT2D eigenvalue weighted by Gasteiger charge is -2.39. The Morgan fingerprint density at radius 1 is 1.26 bits per heavy atom. The molecule has 2 rings (SSSR count). The predicted octanol–water partition coefficient (Wildman–Crippen LogP) is 2.25. The van der Waals surface area contributed by atoms with Crippen LogP contribution in [-0.4, -0.2) is 47.8 Å². The highest BCUT2D eigenvalue weighted by molar-refractivity contribution is 5.04. The molecule has 0 aliphatic heterocycles. The van der Waals surface area contributed by atoms with Crippen molar-refractivity contribution in [2.75, 3.05) is 26.2 Å². The van der Waals surface area contributed by atoms with Crippen molar-refractivity contribution in [3.05, 3.63) is 0 Å². The minimum Gasteiger partial charge on any atom is -0.394 e. The lowest BCUT2D eigenvalue weighted by Crippen LogP contribution is -2.58. The van der Waals surface area contributed by atoms with E-state index in [1.165, 1.54) is 38.6 Å². The molecular weight excluding hydrogens is 236 g/mol. The van der Waals surface area contributed by atoms with Gasteiger partial charge in [0.05, 0.1) is 12.1 Å². The second kappa shape index (κ2) is 6.55. The number of hydrogen-bond acceptors (Lipinski definition) is 3. The van der Waals surface area contributed by atoms with Crippen molar-refractivity contribution in [2.24, 2.45) is 11.8 Å². The smallest absolute Gasteiger partial charge is 0.0628 e. The summed E-state index contributed by atoms with van der Waals surface area (Å²) in [4.78, 5) is 2.65. The topological polar surface area (TPSA) is 35.5 Å². The number of aliphatic hydroxyl groups excluding tert-OH is 1. The molecule has 1 unspecified atom stereocenters. The van der Waals surface area contributed by atoms with Crippen LogP contribution in [0.3, 0.4) is 0 Å². The van der Waals surface area contributed by atoms with Gasteiger partial charge in [0.25, 0.3) is 0 Å². The Hall–Kier alpha value is -0.120. The van der Waals surface area contributed by atoms with E-state index in [0.717, 1.165) is 25.0 Å². The van der Waals surface area contributed by atoms with Gasteiger partial charge in [-0.05, 0) is 57.0 Å². The number of hydrogen-bond donors (Lipinski definition) is 2. The fraction of sp³-hybridized carbons (Fsp3) is 1.00. The van der Waals surface area contributed by atoms with Crippen LogP contribution < -0.4 is 5.32 Å². The number of nitrogens with zero attached hydrogens (tertiary/aromatic N) is 1. The number of nitrogens with one attached hydrogen (secondary N) is 1. The van der Waals surface area contributed by atoms with Gasteiger partial charge in [-0.3, -0.25) is 4.90 Å². The van der Waals surface area contributed by atoms with E-state index in [1.54, 1.807) is 0 Å². The minimum atomic E-state index is -0.0334. The van der Waals surface area contributed by atoms with Crippen molar-refractivity contribution in [1.82, 2.24) is 10.2 Å². The number of likely N-dealkylation sites (N-methyl/N-ethyl adjacent to an activating group) is 1. The van der Waals surface area contributed by atoms with Gasteiger partial charge in [-0.25, -0.2) is 0 Å². The molecule has 2 N–H and O–H groups in total. The molecule has 0 heterocycles. The van der Waals surface area contributed by atoms with Crippen LogP contribution in [0, 0.1) is 11.8 Å². The molecule has 3 heteroatoms. The highest BCUT2D eigenvalue weighted by atomic mass is 16.3. The van der Waals surface area contributed by atoms with E-state index < -0.39 is 0 Å². The van der Waals surface area contributed by atoms with E-state index >= 15 is 0 Å². The van der Waals surface area contributed by atoms with E-state index in [4.69, 9.17) is 0 Å². The summed E-state index contributed by atoms with van der Waals surface area (Å²) < 4.78 is 0. The summed E-state index contributed by atoms with van der Waals surface area (Å²) in [6.07, 6.45) is 6.56. The largest absolute Gasteiger partial charge is 0.394 e. The SMILES string of the molecule is CCNC(CO)(CN(CCC(C)C)C1CC1)C1CC1. The van der Waals surface area contributed by atoms with E-state index in [1.807, 2.05) is 0 Å². The highest BCUT2D eigenvalue weighted by Gasteiger charge is 2.46. The molecule has 2 saturated carbocycles. The Bertz CT molecular complexity index is 274. The molecule has 0 saturated heterocycles. The van der Waals surface area contributed by atoms with Crippen molar-refractivity contribution in [2.45, 2.75) is 64.5 Å². The average Bonchev–Trinajstić information content (AvgIpc) is 3.24. The molecular formula is C16H32N2O. The summed E-state index contributed by atoms with van der Waals surface area (Å²) in [7, 11) is 0. The van der Waals surface area contributed by atoms with Gasteiger partial charge in [-0.15, -0.1) is 0 Å². The molecule has 19 heavy (non-hydrogen) atoms. The van der Waals surface area contributed by atoms with E-state index in [0.29, 0.717) is 5.92 Å². The Balaban J connectivity index is 1.95. The van der Waals surface area contributed by atoms with Crippen LogP contribution in [0.2, 0.25) is 0 Å². The Morgan fingerprint density at radius 3 is 2.37 bits per heavy atom. The van der Waals surface area contributed by atoms with Crippen molar-refractivity contribution in [3.8, 4) is 0 Å². The number of aliphatic hydroxyl groups is 1. The zero-order chi connectivity index (χ0) is 13.9. The van der Waals surface area contributed by atoms with Crippen molar-refractivity contribution >= 4 is 0 Å². The van der Waals surface area contributed by atoms with Gasteiger partial charge in [0.2, 0.25) is 0 Å². The van der Waals surface area contributed by atoms with Crippen LogP contribution in [0.25, 0.3) is 0 Å². The molecule has 0 amide bonds. The lowest BCUT2D eigenvalue weighted by atomic mass is 9.92. The van der Waals surface area contributed by atoms with E-state index in [9.17, 15) is 5.11 Å². The van der Waals surface area contributed by atoms with E-state index in [2.05, 4.69) is 31.0 Å². The molecule has 112 valence electrons. The lowest BCUT2D eigenvalue weighted by molar-refractivity contribution is 0.0859. The summed E-state index contributed by atoms with van der Waals surface area (Å²) in [5.74, 6) is 1.46. The summed E-state index contributed by atoms with van der Waals surface area (Å²) in [5, 5.41) is 13.6. The van der Waals surface area contributed by atoms with Crippen molar-refractivity contribution < 1.29 is 5.11 Å². The van der Waals surface area contributed by atoms with Crippen LogP contribution in [0.5, 0.6) is 0 Å². The van der Waals surface area contributed by atoms with Crippen molar-refractivity contribution in [1.29, 1.82) is 0 Å². The predicted molar refractivity (Wildman–Crippen MR) is 80.3 cm³/mol. The summed E-state index contributed by atoms with van der Waals surface area (Å²) in [5.41, 5.74) is -0.0334. The quantitative estimate of drug-likeness (QED) is 0.638. The van der Waals surface area contributed by atoms with Crippen LogP contribution in [0.4, 0.5) is 0 Å². The minimum absolute atomic E-state index is 0.0334. The van der Waals surface area contributed by atoms with Gasteiger partial charge in [0.15, 0.2) is 0 Å². The van der Waals surface area contributed by atoms with Gasteiger partial charge >= 0.3 is 0 Å². The fourth-order valence-electron chi connectivity index (χ4n) is 3.17. The molecule has 0 aromatic rings. The van der Waals surface area contributed by atoms with Crippen LogP contribution >= 0.6 is 0 Å². The summed E-state index contributed by atoms with van der Waals surface area (Å²) in [6.45, 7) is 10.2. The second-order valence-electron chi connectivity index (χ2n) is 7.00. The van der Waals surface area contributed by atoms with Crippen LogP contribution in [-0.2, 0) is 0 Å². The first-order valence-electron chi connectivity index (χ1n) is 8.21. The average molecular weight is 268 g/mol. The second-order valence-corrected chi connectivity index (χ2v) is 7.00. The molecule has 0 bridgehead atoms. The zero-order valence-corrected chi connectivity index (χ0v) is 13.0. The summed E-state index contributed by atoms with van der Waals surface area (Å²) >= 11 is 0. The Kier molecular flexibility index (Phi) is 5.27. The first kappa shape index (κ1) is 15.3. The molecule has 0 spiro atoms. The number of rotatable bonds is 10. The maximum absolute atomic E-state index is 9.96. The van der Waals surface area contributed by atoms with Gasteiger partial charge in [-0.1, -0.05) is 20.8 Å². The maximum atomic E-state index is 9.96. The molecule has 0 aromatic carbocycles. The first-order chi connectivity index (χ1) is 9.11. The molecule has 2 aliphatic rings. The standard InChI is InChI=1S/C16H32N2O/c1-4-17-16(12-19,14-5-6-14)11-18(15-7-8-15)10-9-13(2)3/h13-15,17,19H,4-12H2,1-3H3. The zero-order valence-electron chi connectivity index (χ0n) is 13.0. The van der Waals surface area contributed by atoms with Gasteiger partial charge < -0.3 is 10.4 Å². The monoisotopic (exact) mass is 268 g/mol. The Morgan fingerprint density at radius 2 is 1.95 bits per heavy atom. The Labute approximate surface area is 118 Å².